The molecule has 0 saturated heterocycles. The van der Waals surface area contributed by atoms with E-state index in [1.54, 1.807) is 6.92 Å². The summed E-state index contributed by atoms with van der Waals surface area (Å²) < 4.78 is 5.05. The summed E-state index contributed by atoms with van der Waals surface area (Å²) >= 11 is 6.10. The van der Waals surface area contributed by atoms with Gasteiger partial charge in [0.2, 0.25) is 0 Å². The van der Waals surface area contributed by atoms with Crippen LogP contribution in [0.25, 0.3) is 11.1 Å². The minimum atomic E-state index is -0.446. The Morgan fingerprint density at radius 1 is 1.32 bits per heavy atom. The quantitative estimate of drug-likeness (QED) is 0.630. The third-order valence-electron chi connectivity index (χ3n) is 2.67. The zero-order chi connectivity index (χ0) is 13.8. The van der Waals surface area contributed by atoms with Crippen molar-refractivity contribution in [2.75, 3.05) is 6.61 Å². The molecule has 19 heavy (non-hydrogen) atoms. The molecule has 1 aromatic heterocycles. The number of carbonyl (C=O) groups is 1. The first kappa shape index (κ1) is 13.6. The number of pyridine rings is 1. The minimum absolute atomic E-state index is 0.178. The van der Waals surface area contributed by atoms with Crippen molar-refractivity contribution < 1.29 is 9.53 Å². The van der Waals surface area contributed by atoms with E-state index in [4.69, 9.17) is 16.3 Å². The fourth-order valence-corrected chi connectivity index (χ4v) is 2.19. The van der Waals surface area contributed by atoms with Gasteiger partial charge in [-0.15, -0.1) is 0 Å². The van der Waals surface area contributed by atoms with Gasteiger partial charge in [0.25, 0.3) is 0 Å². The van der Waals surface area contributed by atoms with Crippen molar-refractivity contribution in [1.29, 1.82) is 0 Å². The Balaban J connectivity index is 2.62. The van der Waals surface area contributed by atoms with Gasteiger partial charge in [-0.05, 0) is 25.5 Å². The summed E-state index contributed by atoms with van der Waals surface area (Å²) in [7, 11) is 0. The van der Waals surface area contributed by atoms with Crippen LogP contribution in [0, 0.1) is 6.92 Å². The fourth-order valence-electron chi connectivity index (χ4n) is 1.88. The molecule has 0 bridgehead atoms. The zero-order valence-corrected chi connectivity index (χ0v) is 11.6. The van der Waals surface area contributed by atoms with Crippen LogP contribution in [-0.4, -0.2) is 17.6 Å². The highest BCUT2D eigenvalue weighted by Crippen LogP contribution is 2.29. The van der Waals surface area contributed by atoms with Gasteiger partial charge in [0.05, 0.1) is 6.61 Å². The molecule has 0 unspecified atom stereocenters. The summed E-state index contributed by atoms with van der Waals surface area (Å²) in [6.07, 6.45) is 0. The third-order valence-corrected chi connectivity index (χ3v) is 2.94. The van der Waals surface area contributed by atoms with Crippen molar-refractivity contribution >= 4 is 17.6 Å². The Labute approximate surface area is 117 Å². The number of esters is 1. The minimum Gasteiger partial charge on any atom is -0.462 e. The largest absolute Gasteiger partial charge is 0.462 e. The Morgan fingerprint density at radius 2 is 2.00 bits per heavy atom. The highest BCUT2D eigenvalue weighted by atomic mass is 35.5. The molecule has 0 amide bonds. The molecule has 3 nitrogen and oxygen atoms in total. The van der Waals surface area contributed by atoms with E-state index in [1.807, 2.05) is 43.3 Å². The Morgan fingerprint density at radius 3 is 2.63 bits per heavy atom. The van der Waals surface area contributed by atoms with Gasteiger partial charge in [-0.25, -0.2) is 9.78 Å². The highest BCUT2D eigenvalue weighted by molar-refractivity contribution is 6.33. The maximum atomic E-state index is 12.0. The molecule has 4 heteroatoms. The van der Waals surface area contributed by atoms with E-state index in [1.165, 1.54) is 0 Å². The SMILES string of the molecule is CCOC(=O)c1c(-c2ccccc2)cc(C)nc1Cl. The Kier molecular flexibility index (Phi) is 4.17. The van der Waals surface area contributed by atoms with Gasteiger partial charge in [0.1, 0.15) is 10.7 Å². The lowest BCUT2D eigenvalue weighted by molar-refractivity contribution is 0.0527. The number of rotatable bonds is 3. The molecule has 98 valence electrons. The fraction of sp³-hybridized carbons (Fsp3) is 0.200. The van der Waals surface area contributed by atoms with Crippen molar-refractivity contribution in [1.82, 2.24) is 4.98 Å². The van der Waals surface area contributed by atoms with E-state index in [2.05, 4.69) is 4.98 Å². The van der Waals surface area contributed by atoms with E-state index in [9.17, 15) is 4.79 Å². The molecule has 0 radical (unpaired) electrons. The zero-order valence-electron chi connectivity index (χ0n) is 10.8. The molecule has 0 fully saturated rings. The predicted octanol–water partition coefficient (Wildman–Crippen LogP) is 3.89. The van der Waals surface area contributed by atoms with Crippen LogP contribution in [0.5, 0.6) is 0 Å². The average Bonchev–Trinajstić information content (AvgIpc) is 2.39. The van der Waals surface area contributed by atoms with Crippen LogP contribution in [0.3, 0.4) is 0 Å². The van der Waals surface area contributed by atoms with Crippen molar-refractivity contribution in [2.45, 2.75) is 13.8 Å². The summed E-state index contributed by atoms with van der Waals surface area (Å²) in [5, 5.41) is 0.178. The first-order valence-electron chi connectivity index (χ1n) is 6.03. The summed E-state index contributed by atoms with van der Waals surface area (Å²) in [6, 6.07) is 11.4. The third kappa shape index (κ3) is 2.93. The monoisotopic (exact) mass is 275 g/mol. The second-order valence-corrected chi connectivity index (χ2v) is 4.42. The molecule has 1 heterocycles. The highest BCUT2D eigenvalue weighted by Gasteiger charge is 2.19. The first-order chi connectivity index (χ1) is 9.13. The molecular weight excluding hydrogens is 262 g/mol. The van der Waals surface area contributed by atoms with Crippen molar-refractivity contribution in [3.8, 4) is 11.1 Å². The lowest BCUT2D eigenvalue weighted by Gasteiger charge is -2.11. The molecule has 2 rings (SSSR count). The topological polar surface area (TPSA) is 39.2 Å². The summed E-state index contributed by atoms with van der Waals surface area (Å²) in [6.45, 7) is 3.90. The van der Waals surface area contributed by atoms with Crippen molar-refractivity contribution in [3.05, 3.63) is 52.8 Å². The maximum Gasteiger partial charge on any atom is 0.341 e. The second-order valence-electron chi connectivity index (χ2n) is 4.06. The molecule has 0 N–H and O–H groups in total. The van der Waals surface area contributed by atoms with E-state index in [-0.39, 0.29) is 5.15 Å². The van der Waals surface area contributed by atoms with E-state index in [0.29, 0.717) is 12.2 Å². The lowest BCUT2D eigenvalue weighted by atomic mass is 10.0. The van der Waals surface area contributed by atoms with Gasteiger partial charge in [0, 0.05) is 11.3 Å². The van der Waals surface area contributed by atoms with Crippen LogP contribution in [0.1, 0.15) is 23.0 Å². The summed E-state index contributed by atoms with van der Waals surface area (Å²) in [4.78, 5) is 16.2. The number of benzene rings is 1. The van der Waals surface area contributed by atoms with E-state index < -0.39 is 5.97 Å². The number of nitrogens with zero attached hydrogens (tertiary/aromatic N) is 1. The Hall–Kier alpha value is -1.87. The number of halogens is 1. The van der Waals surface area contributed by atoms with Crippen LogP contribution in [0.15, 0.2) is 36.4 Å². The van der Waals surface area contributed by atoms with Crippen LogP contribution >= 0.6 is 11.6 Å². The second kappa shape index (κ2) is 5.85. The molecule has 0 aliphatic heterocycles. The normalized spacial score (nSPS) is 10.3. The molecule has 0 aliphatic rings. The van der Waals surface area contributed by atoms with E-state index in [0.717, 1.165) is 16.8 Å². The summed E-state index contributed by atoms with van der Waals surface area (Å²) in [5.41, 5.74) is 2.74. The van der Waals surface area contributed by atoms with Gasteiger partial charge in [-0.1, -0.05) is 41.9 Å². The lowest BCUT2D eigenvalue weighted by Crippen LogP contribution is -2.09. The van der Waals surface area contributed by atoms with Crippen LogP contribution < -0.4 is 0 Å². The smallest absolute Gasteiger partial charge is 0.341 e. The van der Waals surface area contributed by atoms with Crippen molar-refractivity contribution in [3.63, 3.8) is 0 Å². The van der Waals surface area contributed by atoms with Crippen LogP contribution in [0.4, 0.5) is 0 Å². The molecule has 0 aliphatic carbocycles. The van der Waals surface area contributed by atoms with Gasteiger partial charge in [-0.2, -0.15) is 0 Å². The van der Waals surface area contributed by atoms with Crippen molar-refractivity contribution in [2.24, 2.45) is 0 Å². The number of aromatic nitrogens is 1. The number of hydrogen-bond donors (Lipinski definition) is 0. The molecular formula is C15H14ClNO2. The molecule has 1 aromatic carbocycles. The molecule has 0 saturated carbocycles. The molecule has 0 atom stereocenters. The van der Waals surface area contributed by atoms with Gasteiger partial charge >= 0.3 is 5.97 Å². The Bertz CT molecular complexity index is 597. The predicted molar refractivity (Wildman–Crippen MR) is 75.4 cm³/mol. The first-order valence-corrected chi connectivity index (χ1v) is 6.41. The summed E-state index contributed by atoms with van der Waals surface area (Å²) in [5.74, 6) is -0.446. The maximum absolute atomic E-state index is 12.0. The van der Waals surface area contributed by atoms with E-state index >= 15 is 0 Å². The molecule has 2 aromatic rings. The van der Waals surface area contributed by atoms with Crippen LogP contribution in [-0.2, 0) is 4.74 Å². The van der Waals surface area contributed by atoms with Gasteiger partial charge in [0.15, 0.2) is 0 Å². The van der Waals surface area contributed by atoms with Gasteiger partial charge in [-0.3, -0.25) is 0 Å². The number of ether oxygens (including phenoxy) is 1. The van der Waals surface area contributed by atoms with Gasteiger partial charge < -0.3 is 4.74 Å². The average molecular weight is 276 g/mol. The standard InChI is InChI=1S/C15H14ClNO2/c1-3-19-15(18)13-12(9-10(2)17-14(13)16)11-7-5-4-6-8-11/h4-9H,3H2,1-2H3. The number of hydrogen-bond acceptors (Lipinski definition) is 3. The molecule has 0 spiro atoms. The number of aryl methyl sites for hydroxylation is 1. The number of carbonyl (C=O) groups excluding carboxylic acids is 1. The van der Waals surface area contributed by atoms with Crippen LogP contribution in [0.2, 0.25) is 5.15 Å².